The Morgan fingerprint density at radius 2 is 2.31 bits per heavy atom. The third-order valence-corrected chi connectivity index (χ3v) is 2.58. The molecule has 16 heavy (non-hydrogen) atoms. The van der Waals surface area contributed by atoms with Gasteiger partial charge in [0.2, 0.25) is 0 Å². The van der Waals surface area contributed by atoms with Crippen molar-refractivity contribution in [3.05, 3.63) is 28.8 Å². The number of rotatable bonds is 5. The van der Waals surface area contributed by atoms with Crippen LogP contribution >= 0.6 is 23.8 Å². The SMILES string of the molecule is CC(CO)COc1cccc(Cl)c1C(N)=S. The van der Waals surface area contributed by atoms with E-state index in [1.165, 1.54) is 0 Å². The van der Waals surface area contributed by atoms with Gasteiger partial charge in [0.1, 0.15) is 10.7 Å². The van der Waals surface area contributed by atoms with Gasteiger partial charge in [0.15, 0.2) is 0 Å². The van der Waals surface area contributed by atoms with E-state index in [0.717, 1.165) is 0 Å². The van der Waals surface area contributed by atoms with Crippen molar-refractivity contribution in [1.29, 1.82) is 0 Å². The molecule has 0 saturated carbocycles. The van der Waals surface area contributed by atoms with E-state index in [1.807, 2.05) is 6.92 Å². The number of nitrogens with two attached hydrogens (primary N) is 1. The largest absolute Gasteiger partial charge is 0.492 e. The van der Waals surface area contributed by atoms with Crippen molar-refractivity contribution in [3.63, 3.8) is 0 Å². The summed E-state index contributed by atoms with van der Waals surface area (Å²) < 4.78 is 5.52. The number of halogens is 1. The summed E-state index contributed by atoms with van der Waals surface area (Å²) in [5.41, 5.74) is 6.12. The summed E-state index contributed by atoms with van der Waals surface area (Å²) in [6.07, 6.45) is 0. The van der Waals surface area contributed by atoms with Gasteiger partial charge in [-0.2, -0.15) is 0 Å². The number of benzene rings is 1. The molecule has 3 nitrogen and oxygen atoms in total. The smallest absolute Gasteiger partial charge is 0.130 e. The van der Waals surface area contributed by atoms with Crippen LogP contribution in [0.1, 0.15) is 12.5 Å². The first-order chi connectivity index (χ1) is 7.56. The van der Waals surface area contributed by atoms with Crippen molar-refractivity contribution in [1.82, 2.24) is 0 Å². The average molecular weight is 260 g/mol. The van der Waals surface area contributed by atoms with Crippen LogP contribution < -0.4 is 10.5 Å². The maximum Gasteiger partial charge on any atom is 0.130 e. The van der Waals surface area contributed by atoms with Crippen LogP contribution in [0.2, 0.25) is 5.02 Å². The molecule has 0 bridgehead atoms. The van der Waals surface area contributed by atoms with Crippen LogP contribution in [0.25, 0.3) is 0 Å². The summed E-state index contributed by atoms with van der Waals surface area (Å²) in [7, 11) is 0. The summed E-state index contributed by atoms with van der Waals surface area (Å²) in [4.78, 5) is 0.206. The summed E-state index contributed by atoms with van der Waals surface area (Å²) in [6.45, 7) is 2.35. The van der Waals surface area contributed by atoms with E-state index < -0.39 is 0 Å². The van der Waals surface area contributed by atoms with Crippen molar-refractivity contribution in [3.8, 4) is 5.75 Å². The summed E-state index contributed by atoms with van der Waals surface area (Å²) in [5.74, 6) is 0.610. The molecule has 0 radical (unpaired) electrons. The monoisotopic (exact) mass is 259 g/mol. The van der Waals surface area contributed by atoms with Crippen LogP contribution in [0.4, 0.5) is 0 Å². The predicted molar refractivity (Wildman–Crippen MR) is 69.1 cm³/mol. The van der Waals surface area contributed by atoms with Gasteiger partial charge in [0, 0.05) is 12.5 Å². The minimum absolute atomic E-state index is 0.0539. The second-order valence-electron chi connectivity index (χ2n) is 3.58. The van der Waals surface area contributed by atoms with Crippen molar-refractivity contribution < 1.29 is 9.84 Å². The number of hydrogen-bond acceptors (Lipinski definition) is 3. The first kappa shape index (κ1) is 13.2. The zero-order valence-corrected chi connectivity index (χ0v) is 10.5. The molecule has 0 amide bonds. The second kappa shape index (κ2) is 6.03. The molecule has 0 aliphatic carbocycles. The molecule has 0 saturated heterocycles. The van der Waals surface area contributed by atoms with Crippen LogP contribution in [0.3, 0.4) is 0 Å². The highest BCUT2D eigenvalue weighted by atomic mass is 35.5. The fourth-order valence-corrected chi connectivity index (χ4v) is 1.68. The Morgan fingerprint density at radius 1 is 1.62 bits per heavy atom. The maximum atomic E-state index is 8.89. The number of thiocarbonyl (C=S) groups is 1. The van der Waals surface area contributed by atoms with Gasteiger partial charge in [-0.05, 0) is 12.1 Å². The van der Waals surface area contributed by atoms with Crippen molar-refractivity contribution in [2.24, 2.45) is 11.7 Å². The van der Waals surface area contributed by atoms with Crippen LogP contribution in [0, 0.1) is 5.92 Å². The molecule has 0 aliphatic heterocycles. The molecule has 0 fully saturated rings. The molecular formula is C11H14ClNO2S. The first-order valence-corrected chi connectivity index (χ1v) is 5.66. The van der Waals surface area contributed by atoms with Gasteiger partial charge < -0.3 is 15.6 Å². The predicted octanol–water partition coefficient (Wildman–Crippen LogP) is 1.98. The topological polar surface area (TPSA) is 55.5 Å². The number of aliphatic hydroxyl groups excluding tert-OH is 1. The lowest BCUT2D eigenvalue weighted by molar-refractivity contribution is 0.174. The second-order valence-corrected chi connectivity index (χ2v) is 4.42. The Bertz CT molecular complexity index is 384. The van der Waals surface area contributed by atoms with E-state index in [-0.39, 0.29) is 17.5 Å². The number of ether oxygens (including phenoxy) is 1. The molecule has 1 aromatic rings. The summed E-state index contributed by atoms with van der Waals surface area (Å²) in [5, 5.41) is 9.36. The first-order valence-electron chi connectivity index (χ1n) is 4.88. The highest BCUT2D eigenvalue weighted by Crippen LogP contribution is 2.26. The van der Waals surface area contributed by atoms with E-state index in [2.05, 4.69) is 0 Å². The molecule has 5 heteroatoms. The Morgan fingerprint density at radius 3 is 2.88 bits per heavy atom. The molecule has 0 aromatic heterocycles. The van der Waals surface area contributed by atoms with Gasteiger partial charge in [0.05, 0.1) is 17.2 Å². The van der Waals surface area contributed by atoms with E-state index >= 15 is 0 Å². The van der Waals surface area contributed by atoms with E-state index in [9.17, 15) is 0 Å². The lowest BCUT2D eigenvalue weighted by Gasteiger charge is -2.14. The van der Waals surface area contributed by atoms with Crippen molar-refractivity contribution in [2.45, 2.75) is 6.92 Å². The van der Waals surface area contributed by atoms with Crippen LogP contribution in [-0.4, -0.2) is 23.3 Å². The highest BCUT2D eigenvalue weighted by molar-refractivity contribution is 7.80. The molecule has 1 atom stereocenters. The highest BCUT2D eigenvalue weighted by Gasteiger charge is 2.11. The molecule has 1 rings (SSSR count). The average Bonchev–Trinajstić information content (AvgIpc) is 2.25. The Labute approximate surface area is 105 Å². The van der Waals surface area contributed by atoms with Gasteiger partial charge in [-0.15, -0.1) is 0 Å². The molecule has 1 aromatic carbocycles. The van der Waals surface area contributed by atoms with Gasteiger partial charge in [-0.3, -0.25) is 0 Å². The molecular weight excluding hydrogens is 246 g/mol. The molecule has 0 spiro atoms. The van der Waals surface area contributed by atoms with Crippen molar-refractivity contribution >= 4 is 28.8 Å². The Balaban J connectivity index is 2.87. The lowest BCUT2D eigenvalue weighted by Crippen LogP contribution is -2.16. The van der Waals surface area contributed by atoms with E-state index in [1.54, 1.807) is 18.2 Å². The lowest BCUT2D eigenvalue weighted by atomic mass is 10.2. The van der Waals surface area contributed by atoms with Crippen LogP contribution in [-0.2, 0) is 0 Å². The molecule has 88 valence electrons. The minimum atomic E-state index is 0.0539. The fourth-order valence-electron chi connectivity index (χ4n) is 1.15. The minimum Gasteiger partial charge on any atom is -0.492 e. The van der Waals surface area contributed by atoms with Gasteiger partial charge in [-0.1, -0.05) is 36.8 Å². The summed E-state index contributed by atoms with van der Waals surface area (Å²) in [6, 6.07) is 5.23. The summed E-state index contributed by atoms with van der Waals surface area (Å²) >= 11 is 10.9. The zero-order valence-electron chi connectivity index (χ0n) is 8.94. The standard InChI is InChI=1S/C11H14ClNO2S/c1-7(5-14)6-15-9-4-2-3-8(12)10(9)11(13)16/h2-4,7,14H,5-6H2,1H3,(H2,13,16). The fraction of sp³-hybridized carbons (Fsp3) is 0.364. The molecule has 0 heterocycles. The van der Waals surface area contributed by atoms with Gasteiger partial charge in [-0.25, -0.2) is 0 Å². The number of hydrogen-bond donors (Lipinski definition) is 2. The van der Waals surface area contributed by atoms with Gasteiger partial charge >= 0.3 is 0 Å². The maximum absolute atomic E-state index is 8.89. The Kier molecular flexibility index (Phi) is 4.99. The zero-order chi connectivity index (χ0) is 12.1. The van der Waals surface area contributed by atoms with Crippen LogP contribution in [0.15, 0.2) is 18.2 Å². The third kappa shape index (κ3) is 3.33. The van der Waals surface area contributed by atoms with Crippen LogP contribution in [0.5, 0.6) is 5.75 Å². The molecule has 3 N–H and O–H groups in total. The van der Waals surface area contributed by atoms with Gasteiger partial charge in [0.25, 0.3) is 0 Å². The van der Waals surface area contributed by atoms with E-state index in [0.29, 0.717) is 22.9 Å². The molecule has 0 aliphatic rings. The number of aliphatic hydroxyl groups is 1. The third-order valence-electron chi connectivity index (χ3n) is 2.06. The van der Waals surface area contributed by atoms with E-state index in [4.69, 9.17) is 39.4 Å². The van der Waals surface area contributed by atoms with Crippen molar-refractivity contribution in [2.75, 3.05) is 13.2 Å². The Hall–Kier alpha value is -0.840. The molecule has 1 unspecified atom stereocenters. The quantitative estimate of drug-likeness (QED) is 0.794. The normalized spacial score (nSPS) is 12.2.